The summed E-state index contributed by atoms with van der Waals surface area (Å²) in [5.74, 6) is 1.02. The number of allylic oxidation sites excluding steroid dienone is 4. The van der Waals surface area contributed by atoms with Crippen molar-refractivity contribution in [3.63, 3.8) is 0 Å². The molecule has 0 saturated carbocycles. The van der Waals surface area contributed by atoms with Crippen LogP contribution in [0.4, 0.5) is 0 Å². The SMILES string of the molecule is CCC(C)C1=CCC(C(c2ccccc2)c2ccccc2)=[C]1[Ti+3].[Cl-].[Cl-].[Cl-]. The molecule has 0 radical (unpaired) electrons. The molecule has 0 aromatic heterocycles. The monoisotopic (exact) mass is 440 g/mol. The van der Waals surface area contributed by atoms with Gasteiger partial charge < -0.3 is 37.2 Å². The maximum absolute atomic E-state index is 2.46. The third-order valence-electron chi connectivity index (χ3n) is 4.91. The average molecular weight is 442 g/mol. The summed E-state index contributed by atoms with van der Waals surface area (Å²) in [6.07, 6.45) is 4.75. The van der Waals surface area contributed by atoms with Gasteiger partial charge in [0.05, 0.1) is 0 Å². The van der Waals surface area contributed by atoms with Crippen LogP contribution in [0.15, 0.2) is 81.8 Å². The fraction of sp³-hybridized carbons (Fsp3) is 0.273. The summed E-state index contributed by atoms with van der Waals surface area (Å²) in [4.78, 5) is 0. The van der Waals surface area contributed by atoms with E-state index in [2.05, 4.69) is 101 Å². The van der Waals surface area contributed by atoms with E-state index in [1.807, 2.05) is 0 Å². The predicted octanol–water partition coefficient (Wildman–Crippen LogP) is -2.99. The van der Waals surface area contributed by atoms with Gasteiger partial charge in [-0.05, 0) is 0 Å². The molecule has 0 fully saturated rings. The smallest absolute Gasteiger partial charge is 1.00 e. The Hall–Kier alpha value is -0.496. The van der Waals surface area contributed by atoms with Crippen molar-refractivity contribution >= 4 is 0 Å². The molecule has 0 nitrogen and oxygen atoms in total. The molecule has 1 aliphatic rings. The third kappa shape index (κ3) is 5.50. The number of hydrogen-bond donors (Lipinski definition) is 0. The van der Waals surface area contributed by atoms with Gasteiger partial charge in [0.2, 0.25) is 0 Å². The zero-order valence-corrected chi connectivity index (χ0v) is 18.9. The molecule has 0 bridgehead atoms. The standard InChI is InChI=1S/C22H23.3ClH.Ti/c1-3-17(2)20-14-15-21(16-20)22(18-10-6-4-7-11-18)19-12-8-5-9-13-19;;;;/h4-14,17,22H,3,15H2,1-2H3;3*1H;/q;;;;+3/p-3. The van der Waals surface area contributed by atoms with Crippen molar-refractivity contribution in [3.05, 3.63) is 92.9 Å². The minimum absolute atomic E-state index is 0. The minimum atomic E-state index is 0. The maximum atomic E-state index is 2.46. The fourth-order valence-corrected chi connectivity index (χ4v) is 4.35. The van der Waals surface area contributed by atoms with Crippen LogP contribution < -0.4 is 37.2 Å². The Morgan fingerprint density at radius 3 is 1.73 bits per heavy atom. The first-order valence-electron chi connectivity index (χ1n) is 8.47. The summed E-state index contributed by atoms with van der Waals surface area (Å²) in [7, 11) is 0. The fourth-order valence-electron chi connectivity index (χ4n) is 3.42. The van der Waals surface area contributed by atoms with Crippen molar-refractivity contribution in [2.45, 2.75) is 32.6 Å². The van der Waals surface area contributed by atoms with Crippen molar-refractivity contribution in [1.82, 2.24) is 0 Å². The second kappa shape index (κ2) is 12.1. The van der Waals surface area contributed by atoms with Gasteiger partial charge in [0.1, 0.15) is 0 Å². The van der Waals surface area contributed by atoms with E-state index in [0.29, 0.717) is 11.8 Å². The summed E-state index contributed by atoms with van der Waals surface area (Å²) < 4.78 is 1.51. The van der Waals surface area contributed by atoms with Gasteiger partial charge in [-0.1, -0.05) is 0 Å². The molecule has 0 amide bonds. The Morgan fingerprint density at radius 1 is 0.846 bits per heavy atom. The van der Waals surface area contributed by atoms with E-state index >= 15 is 0 Å². The molecule has 0 aliphatic heterocycles. The Kier molecular flexibility index (Phi) is 11.8. The molecule has 1 unspecified atom stereocenters. The Morgan fingerprint density at radius 2 is 1.31 bits per heavy atom. The van der Waals surface area contributed by atoms with Gasteiger partial charge in [-0.2, -0.15) is 0 Å². The summed E-state index contributed by atoms with van der Waals surface area (Å²) in [5, 5.41) is 0. The molecule has 136 valence electrons. The minimum Gasteiger partial charge on any atom is -1.00 e. The van der Waals surface area contributed by atoms with Crippen LogP contribution in [0.1, 0.15) is 43.7 Å². The van der Waals surface area contributed by atoms with Gasteiger partial charge in [-0.3, -0.25) is 0 Å². The van der Waals surface area contributed by atoms with Crippen LogP contribution in [-0.4, -0.2) is 0 Å². The van der Waals surface area contributed by atoms with Crippen LogP contribution in [-0.2, 0) is 20.4 Å². The van der Waals surface area contributed by atoms with E-state index in [0.717, 1.165) is 6.42 Å². The molecule has 2 aromatic carbocycles. The average Bonchev–Trinajstić information content (AvgIpc) is 2.98. The van der Waals surface area contributed by atoms with Crippen molar-refractivity contribution in [3.8, 4) is 0 Å². The molecule has 1 atom stereocenters. The van der Waals surface area contributed by atoms with Gasteiger partial charge in [0.25, 0.3) is 0 Å². The molecular weight excluding hydrogens is 418 g/mol. The van der Waals surface area contributed by atoms with E-state index in [1.165, 1.54) is 21.4 Å². The van der Waals surface area contributed by atoms with E-state index in [9.17, 15) is 0 Å². The van der Waals surface area contributed by atoms with Crippen LogP contribution in [0.5, 0.6) is 0 Å². The van der Waals surface area contributed by atoms with Crippen molar-refractivity contribution < 1.29 is 57.7 Å². The Bertz CT molecular complexity index is 684. The first kappa shape index (κ1) is 25.5. The van der Waals surface area contributed by atoms with Gasteiger partial charge in [-0.25, -0.2) is 0 Å². The van der Waals surface area contributed by atoms with E-state index < -0.39 is 0 Å². The molecule has 0 heterocycles. The zero-order valence-electron chi connectivity index (χ0n) is 15.1. The molecule has 4 heteroatoms. The van der Waals surface area contributed by atoms with Crippen molar-refractivity contribution in [2.75, 3.05) is 0 Å². The molecule has 3 rings (SSSR count). The number of halogens is 3. The summed E-state index contributed by atoms with van der Waals surface area (Å²) >= 11 is 2.32. The molecular formula is C22H23Cl3Ti. The van der Waals surface area contributed by atoms with E-state index in [4.69, 9.17) is 0 Å². The summed E-state index contributed by atoms with van der Waals surface area (Å²) in [6.45, 7) is 4.63. The first-order chi connectivity index (χ1) is 11.2. The van der Waals surface area contributed by atoms with Crippen molar-refractivity contribution in [2.24, 2.45) is 5.92 Å². The Labute approximate surface area is 188 Å². The van der Waals surface area contributed by atoms with E-state index in [-0.39, 0.29) is 37.2 Å². The molecule has 1 aliphatic carbocycles. The van der Waals surface area contributed by atoms with Gasteiger partial charge in [0, 0.05) is 0 Å². The quantitative estimate of drug-likeness (QED) is 0.434. The van der Waals surface area contributed by atoms with Crippen LogP contribution in [0, 0.1) is 5.92 Å². The molecule has 0 N–H and O–H groups in total. The normalized spacial score (nSPS) is 14.1. The van der Waals surface area contributed by atoms with Gasteiger partial charge in [0.15, 0.2) is 0 Å². The number of hydrogen-bond acceptors (Lipinski definition) is 0. The Balaban J connectivity index is 0.00000208. The number of rotatable bonds is 5. The van der Waals surface area contributed by atoms with Crippen LogP contribution in [0.2, 0.25) is 0 Å². The molecule has 2 aromatic rings. The molecule has 0 spiro atoms. The first-order valence-corrected chi connectivity index (χ1v) is 9.25. The van der Waals surface area contributed by atoms with Gasteiger partial charge in [-0.15, -0.1) is 0 Å². The van der Waals surface area contributed by atoms with Crippen LogP contribution in [0.3, 0.4) is 0 Å². The van der Waals surface area contributed by atoms with Crippen LogP contribution in [0.25, 0.3) is 0 Å². The van der Waals surface area contributed by atoms with E-state index in [1.54, 1.807) is 11.1 Å². The molecule has 0 saturated heterocycles. The predicted molar refractivity (Wildman–Crippen MR) is 93.9 cm³/mol. The van der Waals surface area contributed by atoms with Crippen molar-refractivity contribution in [1.29, 1.82) is 0 Å². The summed E-state index contributed by atoms with van der Waals surface area (Å²) in [5.41, 5.74) is 5.91. The van der Waals surface area contributed by atoms with Crippen LogP contribution >= 0.6 is 0 Å². The zero-order chi connectivity index (χ0) is 16.2. The third-order valence-corrected chi connectivity index (χ3v) is 5.86. The van der Waals surface area contributed by atoms with Gasteiger partial charge >= 0.3 is 152 Å². The second-order valence-corrected chi connectivity index (χ2v) is 7.11. The number of benzene rings is 2. The maximum Gasteiger partial charge on any atom is -1.00 e. The second-order valence-electron chi connectivity index (χ2n) is 6.33. The topological polar surface area (TPSA) is 0 Å². The largest absolute Gasteiger partial charge is 1.00 e. The summed E-state index contributed by atoms with van der Waals surface area (Å²) in [6, 6.07) is 21.9. The molecule has 26 heavy (non-hydrogen) atoms.